The second-order valence-electron chi connectivity index (χ2n) is 6.67. The van der Waals surface area contributed by atoms with Gasteiger partial charge in [0.25, 0.3) is 0 Å². The molecule has 1 aliphatic rings. The number of hydrogen-bond donors (Lipinski definition) is 0. The molecule has 0 saturated carbocycles. The minimum atomic E-state index is -0.171. The van der Waals surface area contributed by atoms with Crippen molar-refractivity contribution in [2.75, 3.05) is 31.2 Å². The van der Waals surface area contributed by atoms with Gasteiger partial charge in [0.15, 0.2) is 0 Å². The number of amides is 2. The molecular weight excluding hydrogens is 354 g/mol. The van der Waals surface area contributed by atoms with E-state index in [1.54, 1.807) is 34.1 Å². The number of rotatable bonds is 6. The molecule has 0 N–H and O–H groups in total. The first-order valence-electron chi connectivity index (χ1n) is 9.34. The van der Waals surface area contributed by atoms with Crippen molar-refractivity contribution in [2.24, 2.45) is 0 Å². The molecule has 1 fully saturated rings. The lowest BCUT2D eigenvalue weighted by Crippen LogP contribution is -2.59. The number of piperazine rings is 1. The molecule has 1 heterocycles. The van der Waals surface area contributed by atoms with E-state index in [9.17, 15) is 9.59 Å². The molecule has 144 valence electrons. The summed E-state index contributed by atoms with van der Waals surface area (Å²) in [6, 6.07) is 18.8. The first-order chi connectivity index (χ1) is 13.6. The van der Waals surface area contributed by atoms with E-state index >= 15 is 0 Å². The highest BCUT2D eigenvalue weighted by Crippen LogP contribution is 2.23. The van der Waals surface area contributed by atoms with Crippen LogP contribution < -0.4 is 4.90 Å². The smallest absolute Gasteiger partial charge is 0.249 e. The fourth-order valence-corrected chi connectivity index (χ4v) is 3.36. The molecule has 2 amide bonds. The summed E-state index contributed by atoms with van der Waals surface area (Å²) in [5, 5.41) is 8.98. The van der Waals surface area contributed by atoms with Gasteiger partial charge in [-0.2, -0.15) is 5.26 Å². The Morgan fingerprint density at radius 3 is 2.54 bits per heavy atom. The number of ether oxygens (including phenoxy) is 1. The topological polar surface area (TPSA) is 73.6 Å². The first kappa shape index (κ1) is 19.6. The molecule has 1 saturated heterocycles. The van der Waals surface area contributed by atoms with Gasteiger partial charge >= 0.3 is 0 Å². The van der Waals surface area contributed by atoms with Crippen LogP contribution in [0.15, 0.2) is 54.6 Å². The molecule has 1 aliphatic heterocycles. The second-order valence-corrected chi connectivity index (χ2v) is 6.67. The van der Waals surface area contributed by atoms with Crippen molar-refractivity contribution in [3.63, 3.8) is 0 Å². The fraction of sp³-hybridized carbons (Fsp3) is 0.318. The third-order valence-corrected chi connectivity index (χ3v) is 4.81. The fourth-order valence-electron chi connectivity index (χ4n) is 3.36. The second kappa shape index (κ2) is 9.16. The Morgan fingerprint density at radius 2 is 1.89 bits per heavy atom. The van der Waals surface area contributed by atoms with Gasteiger partial charge in [-0.3, -0.25) is 9.59 Å². The number of benzene rings is 2. The molecule has 28 heavy (non-hydrogen) atoms. The Hall–Kier alpha value is -3.17. The Morgan fingerprint density at radius 1 is 1.18 bits per heavy atom. The minimum absolute atomic E-state index is 0.0173. The van der Waals surface area contributed by atoms with Gasteiger partial charge in [-0.1, -0.05) is 30.3 Å². The molecule has 0 unspecified atom stereocenters. The van der Waals surface area contributed by atoms with Gasteiger partial charge in [-0.05, 0) is 43.2 Å². The highest BCUT2D eigenvalue weighted by molar-refractivity contribution is 5.98. The van der Waals surface area contributed by atoms with E-state index in [0.717, 1.165) is 11.3 Å². The number of nitriles is 1. The zero-order chi connectivity index (χ0) is 19.9. The summed E-state index contributed by atoms with van der Waals surface area (Å²) in [6.07, 6.45) is 0.652. The monoisotopic (exact) mass is 377 g/mol. The molecule has 2 aromatic rings. The van der Waals surface area contributed by atoms with E-state index in [1.165, 1.54) is 0 Å². The van der Waals surface area contributed by atoms with Crippen molar-refractivity contribution >= 4 is 17.5 Å². The molecule has 6 nitrogen and oxygen atoms in total. The van der Waals surface area contributed by atoms with Crippen LogP contribution >= 0.6 is 0 Å². The van der Waals surface area contributed by atoms with Gasteiger partial charge in [0.1, 0.15) is 13.2 Å². The van der Waals surface area contributed by atoms with Crippen LogP contribution in [0.25, 0.3) is 0 Å². The van der Waals surface area contributed by atoms with Crippen LogP contribution in [-0.4, -0.2) is 49.1 Å². The van der Waals surface area contributed by atoms with Crippen LogP contribution in [0.1, 0.15) is 18.1 Å². The lowest BCUT2D eigenvalue weighted by Gasteiger charge is -2.41. The van der Waals surface area contributed by atoms with E-state index in [4.69, 9.17) is 10.00 Å². The molecule has 0 aliphatic carbocycles. The summed E-state index contributed by atoms with van der Waals surface area (Å²) < 4.78 is 5.27. The van der Waals surface area contributed by atoms with Crippen molar-refractivity contribution in [3.05, 3.63) is 65.7 Å². The van der Waals surface area contributed by atoms with Gasteiger partial charge < -0.3 is 14.5 Å². The highest BCUT2D eigenvalue weighted by Gasteiger charge is 2.35. The van der Waals surface area contributed by atoms with Crippen molar-refractivity contribution in [1.82, 2.24) is 4.90 Å². The van der Waals surface area contributed by atoms with Crippen LogP contribution in [-0.2, 0) is 20.7 Å². The van der Waals surface area contributed by atoms with E-state index in [0.29, 0.717) is 25.1 Å². The Kier molecular flexibility index (Phi) is 6.41. The molecule has 2 aromatic carbocycles. The maximum atomic E-state index is 12.8. The predicted molar refractivity (Wildman–Crippen MR) is 106 cm³/mol. The summed E-state index contributed by atoms with van der Waals surface area (Å²) in [7, 11) is 0. The molecule has 0 spiro atoms. The third kappa shape index (κ3) is 4.56. The molecule has 0 radical (unpaired) electrons. The van der Waals surface area contributed by atoms with E-state index in [2.05, 4.69) is 6.07 Å². The molecule has 0 aromatic heterocycles. The van der Waals surface area contributed by atoms with Crippen LogP contribution in [0.4, 0.5) is 5.69 Å². The number of hydrogen-bond acceptors (Lipinski definition) is 4. The highest BCUT2D eigenvalue weighted by atomic mass is 16.5. The van der Waals surface area contributed by atoms with E-state index in [1.807, 2.05) is 37.3 Å². The SMILES string of the molecule is CCOCC(=O)N1CC(=O)N(c2ccc(C#N)cc2)C[C@H]1Cc1ccccc1. The molecule has 0 bridgehead atoms. The number of anilines is 1. The van der Waals surface area contributed by atoms with Crippen LogP contribution in [0.2, 0.25) is 0 Å². The Bertz CT molecular complexity index is 859. The van der Waals surface area contributed by atoms with E-state index in [-0.39, 0.29) is 31.0 Å². The normalized spacial score (nSPS) is 16.7. The largest absolute Gasteiger partial charge is 0.372 e. The zero-order valence-electron chi connectivity index (χ0n) is 15.9. The van der Waals surface area contributed by atoms with Crippen molar-refractivity contribution < 1.29 is 14.3 Å². The standard InChI is InChI=1S/C22H23N3O3/c1-2-28-16-22(27)25-15-21(26)24(19-10-8-18(13-23)9-11-19)14-20(25)12-17-6-4-3-5-7-17/h3-11,20H,2,12,14-16H2,1H3/t20-/m1/s1. The number of carbonyl (C=O) groups excluding carboxylic acids is 2. The third-order valence-electron chi connectivity index (χ3n) is 4.81. The molecular formula is C22H23N3O3. The van der Waals surface area contributed by atoms with Gasteiger partial charge in [-0.25, -0.2) is 0 Å². The van der Waals surface area contributed by atoms with Gasteiger partial charge in [0, 0.05) is 18.8 Å². The van der Waals surface area contributed by atoms with Gasteiger partial charge in [0.2, 0.25) is 11.8 Å². The van der Waals surface area contributed by atoms with Gasteiger partial charge in [0.05, 0.1) is 17.7 Å². The van der Waals surface area contributed by atoms with Crippen molar-refractivity contribution in [2.45, 2.75) is 19.4 Å². The van der Waals surface area contributed by atoms with Crippen molar-refractivity contribution in [3.8, 4) is 6.07 Å². The summed E-state index contributed by atoms with van der Waals surface area (Å²) in [5.74, 6) is -0.311. The minimum Gasteiger partial charge on any atom is -0.372 e. The molecule has 1 atom stereocenters. The maximum Gasteiger partial charge on any atom is 0.249 e. The number of nitrogens with zero attached hydrogens (tertiary/aromatic N) is 3. The van der Waals surface area contributed by atoms with Crippen LogP contribution in [0, 0.1) is 11.3 Å². The van der Waals surface area contributed by atoms with Gasteiger partial charge in [-0.15, -0.1) is 0 Å². The quantitative estimate of drug-likeness (QED) is 0.775. The van der Waals surface area contributed by atoms with Crippen molar-refractivity contribution in [1.29, 1.82) is 5.26 Å². The molecule has 6 heteroatoms. The molecule has 3 rings (SSSR count). The Labute approximate surface area is 164 Å². The Balaban J connectivity index is 1.83. The van der Waals surface area contributed by atoms with Crippen LogP contribution in [0.5, 0.6) is 0 Å². The summed E-state index contributed by atoms with van der Waals surface area (Å²) in [5.41, 5.74) is 2.39. The lowest BCUT2D eigenvalue weighted by atomic mass is 10.0. The lowest BCUT2D eigenvalue weighted by molar-refractivity contribution is -0.143. The summed E-state index contributed by atoms with van der Waals surface area (Å²) >= 11 is 0. The average Bonchev–Trinajstić information content (AvgIpc) is 2.74. The average molecular weight is 377 g/mol. The first-order valence-corrected chi connectivity index (χ1v) is 9.34. The predicted octanol–water partition coefficient (Wildman–Crippen LogP) is 2.38. The summed E-state index contributed by atoms with van der Waals surface area (Å²) in [6.45, 7) is 2.68. The number of carbonyl (C=O) groups is 2. The summed E-state index contributed by atoms with van der Waals surface area (Å²) in [4.78, 5) is 28.7. The van der Waals surface area contributed by atoms with Crippen LogP contribution in [0.3, 0.4) is 0 Å². The zero-order valence-corrected chi connectivity index (χ0v) is 15.9. The van der Waals surface area contributed by atoms with E-state index < -0.39 is 0 Å². The maximum absolute atomic E-state index is 12.8.